The van der Waals surface area contributed by atoms with Gasteiger partial charge in [0.25, 0.3) is 0 Å². The van der Waals surface area contributed by atoms with Gasteiger partial charge in [-0.25, -0.2) is 0 Å². The first kappa shape index (κ1) is 24.6. The number of benzene rings is 1. The molecule has 1 atom stereocenters. The summed E-state index contributed by atoms with van der Waals surface area (Å²) in [5.41, 5.74) is 4.03. The smallest absolute Gasteiger partial charge is 0.0827 e. The Kier molecular flexibility index (Phi) is 16.1. The molecule has 21 heavy (non-hydrogen) atoms. The van der Waals surface area contributed by atoms with Crippen molar-refractivity contribution in [2.75, 3.05) is 0 Å². The van der Waals surface area contributed by atoms with Gasteiger partial charge >= 0.3 is 0 Å². The van der Waals surface area contributed by atoms with Gasteiger partial charge in [-0.15, -0.1) is 6.42 Å². The number of allylic oxidation sites excluding steroid dienone is 1. The standard InChI is InChI=1S/C15H18NO.C2H6.Pr.Yb/c1-11-7-8-13(9-11)16-15-6-4-3-5-14(15)12(2)10-17;1-2;;/h3-7,10-11,17H,8-9H2,1-2H3;1-2H3;;/q-1;;;. The van der Waals surface area contributed by atoms with Gasteiger partial charge in [0.2, 0.25) is 0 Å². The third kappa shape index (κ3) is 8.11. The molecule has 1 unspecified atom stereocenters. The van der Waals surface area contributed by atoms with Crippen LogP contribution in [-0.4, -0.2) is 10.8 Å². The molecule has 0 saturated heterocycles. The van der Waals surface area contributed by atoms with Crippen LogP contribution >= 0.6 is 0 Å². The van der Waals surface area contributed by atoms with Crippen LogP contribution in [0.15, 0.2) is 35.5 Å². The fourth-order valence-electron chi connectivity index (χ4n) is 2.11. The van der Waals surface area contributed by atoms with Crippen LogP contribution in [0, 0.1) is 101 Å². The fourth-order valence-corrected chi connectivity index (χ4v) is 2.11. The van der Waals surface area contributed by atoms with E-state index in [0.717, 1.165) is 35.9 Å². The molecule has 1 aromatic carbocycles. The van der Waals surface area contributed by atoms with E-state index in [1.807, 2.05) is 45.0 Å². The molecular weight excluding hydrogens is 548 g/mol. The number of aliphatic hydroxyl groups is 1. The average Bonchev–Trinajstić information content (AvgIpc) is 2.86. The van der Waals surface area contributed by atoms with Crippen LogP contribution < -0.4 is 0 Å². The fraction of sp³-hybridized carbons (Fsp3) is 0.412. The maximum atomic E-state index is 9.10. The second-order valence-electron chi connectivity index (χ2n) is 4.63. The molecule has 0 aromatic heterocycles. The molecule has 1 aliphatic carbocycles. The molecule has 0 aliphatic heterocycles. The summed E-state index contributed by atoms with van der Waals surface area (Å²) >= 11 is 0. The van der Waals surface area contributed by atoms with Gasteiger partial charge in [-0.3, -0.25) is 4.99 Å². The molecule has 1 aromatic rings. The third-order valence-electron chi connectivity index (χ3n) is 3.11. The quantitative estimate of drug-likeness (QED) is 0.377. The summed E-state index contributed by atoms with van der Waals surface area (Å²) in [6.07, 6.45) is 5.48. The Morgan fingerprint density at radius 1 is 1.33 bits per heavy atom. The second kappa shape index (κ2) is 13.7. The van der Waals surface area contributed by atoms with Crippen molar-refractivity contribution >= 4 is 17.0 Å². The minimum Gasteiger partial charge on any atom is -0.515 e. The monoisotopic (exact) mass is 573 g/mol. The molecule has 4 heteroatoms. The van der Waals surface area contributed by atoms with E-state index in [4.69, 9.17) is 10.1 Å². The van der Waals surface area contributed by atoms with Crippen LogP contribution in [0.1, 0.15) is 46.1 Å². The maximum Gasteiger partial charge on any atom is 0.0827 e. The topological polar surface area (TPSA) is 32.6 Å². The van der Waals surface area contributed by atoms with Crippen LogP contribution in [0.3, 0.4) is 0 Å². The summed E-state index contributed by atoms with van der Waals surface area (Å²) in [5.74, 6) is 0.635. The molecule has 0 spiro atoms. The van der Waals surface area contributed by atoms with Crippen molar-refractivity contribution in [3.63, 3.8) is 0 Å². The summed E-state index contributed by atoms with van der Waals surface area (Å²) in [6, 6.07) is 7.94. The molecule has 1 N–H and O–H groups in total. The second-order valence-corrected chi connectivity index (χ2v) is 4.63. The summed E-state index contributed by atoms with van der Waals surface area (Å²) in [6.45, 7) is 8.11. The largest absolute Gasteiger partial charge is 0.515 e. The van der Waals surface area contributed by atoms with E-state index in [9.17, 15) is 0 Å². The van der Waals surface area contributed by atoms with Gasteiger partial charge in [0.05, 0.1) is 11.9 Å². The first-order chi connectivity index (χ1) is 9.20. The molecule has 1 fully saturated rings. The Hall–Kier alpha value is 1.31. The van der Waals surface area contributed by atoms with E-state index in [1.165, 1.54) is 5.71 Å². The molecule has 2 nitrogen and oxygen atoms in total. The van der Waals surface area contributed by atoms with Crippen molar-refractivity contribution in [1.82, 2.24) is 0 Å². The average molecular weight is 572 g/mol. The number of hydrogen-bond acceptors (Lipinski definition) is 2. The number of para-hydroxylation sites is 1. The van der Waals surface area contributed by atoms with Gasteiger partial charge < -0.3 is 11.5 Å². The van der Waals surface area contributed by atoms with E-state index < -0.39 is 0 Å². The zero-order valence-electron chi connectivity index (χ0n) is 13.2. The summed E-state index contributed by atoms with van der Waals surface area (Å²) in [7, 11) is 0. The van der Waals surface area contributed by atoms with E-state index in [-0.39, 0.29) is 88.2 Å². The van der Waals surface area contributed by atoms with E-state index in [0.29, 0.717) is 5.92 Å². The van der Waals surface area contributed by atoms with Crippen molar-refractivity contribution in [1.29, 1.82) is 0 Å². The SMILES string of the molecule is CC.CC(=CO)c1ccccc1N=C1C[CH-]C(C)C1.[Pr].[Yb]. The van der Waals surface area contributed by atoms with Gasteiger partial charge in [-0.05, 0) is 30.7 Å². The Bertz CT molecular complexity index is 472. The molecule has 1 radical (unpaired) electrons. The minimum absolute atomic E-state index is 0. The van der Waals surface area contributed by atoms with Crippen LogP contribution in [0.25, 0.3) is 5.57 Å². The van der Waals surface area contributed by atoms with Crippen molar-refractivity contribution in [2.24, 2.45) is 10.9 Å². The minimum atomic E-state index is 0. The molecular formula is C17H24NOPrYb-. The maximum absolute atomic E-state index is 9.10. The molecule has 0 bridgehead atoms. The number of nitrogens with zero attached hydrogens (tertiary/aromatic N) is 1. The Morgan fingerprint density at radius 3 is 2.48 bits per heavy atom. The molecule has 0 amide bonds. The molecule has 0 heterocycles. The first-order valence-electron chi connectivity index (χ1n) is 7.01. The van der Waals surface area contributed by atoms with Crippen LogP contribution in [0.4, 0.5) is 5.69 Å². The van der Waals surface area contributed by atoms with Crippen molar-refractivity contribution in [3.8, 4) is 0 Å². The van der Waals surface area contributed by atoms with Gasteiger partial charge in [0.1, 0.15) is 0 Å². The van der Waals surface area contributed by atoms with Crippen LogP contribution in [0.2, 0.25) is 0 Å². The predicted octanol–water partition coefficient (Wildman–Crippen LogP) is 5.34. The molecule has 1 saturated carbocycles. The number of rotatable bonds is 2. The Labute approximate surface area is 201 Å². The normalized spacial score (nSPS) is 19.1. The molecule has 1 aliphatic rings. The Morgan fingerprint density at radius 2 is 1.95 bits per heavy atom. The molecule has 2 rings (SSSR count). The molecule has 121 valence electrons. The van der Waals surface area contributed by atoms with Gasteiger partial charge in [0, 0.05) is 93.8 Å². The van der Waals surface area contributed by atoms with Crippen molar-refractivity contribution < 1.29 is 93.3 Å². The van der Waals surface area contributed by atoms with E-state index in [1.54, 1.807) is 0 Å². The first-order valence-corrected chi connectivity index (χ1v) is 7.01. The number of aliphatic hydroxyl groups excluding tert-OH is 1. The van der Waals surface area contributed by atoms with Gasteiger partial charge in [-0.1, -0.05) is 39.0 Å². The number of aliphatic imine (C=N–C) groups is 1. The van der Waals surface area contributed by atoms with Crippen LogP contribution in [0.5, 0.6) is 0 Å². The summed E-state index contributed by atoms with van der Waals surface area (Å²) in [5, 5.41) is 9.10. The number of hydrogen-bond donors (Lipinski definition) is 1. The summed E-state index contributed by atoms with van der Waals surface area (Å²) in [4.78, 5) is 4.71. The summed E-state index contributed by atoms with van der Waals surface area (Å²) < 4.78 is 0. The van der Waals surface area contributed by atoms with E-state index in [2.05, 4.69) is 13.3 Å². The van der Waals surface area contributed by atoms with E-state index >= 15 is 0 Å². The van der Waals surface area contributed by atoms with Crippen molar-refractivity contribution in [2.45, 2.75) is 40.5 Å². The van der Waals surface area contributed by atoms with Crippen LogP contribution in [-0.2, 0) is 0 Å². The zero-order valence-corrected chi connectivity index (χ0v) is 18.6. The Balaban J connectivity index is 0. The van der Waals surface area contributed by atoms with Crippen molar-refractivity contribution in [3.05, 3.63) is 42.5 Å². The van der Waals surface area contributed by atoms with Gasteiger partial charge in [0.15, 0.2) is 0 Å². The third-order valence-corrected chi connectivity index (χ3v) is 3.11. The predicted molar refractivity (Wildman–Crippen MR) is 83.9 cm³/mol. The van der Waals surface area contributed by atoms with Gasteiger partial charge in [-0.2, -0.15) is 5.92 Å². The zero-order chi connectivity index (χ0) is 14.3.